The first-order chi connectivity index (χ1) is 7.67. The molecule has 0 aliphatic carbocycles. The van der Waals surface area contributed by atoms with E-state index < -0.39 is 12.1 Å². The number of hydrogen-bond acceptors (Lipinski definition) is 4. The van der Waals surface area contributed by atoms with E-state index in [-0.39, 0.29) is 0 Å². The highest BCUT2D eigenvalue weighted by atomic mass is 16.6. The second-order valence-corrected chi connectivity index (χ2v) is 3.19. The average molecular weight is 224 g/mol. The van der Waals surface area contributed by atoms with Gasteiger partial charge in [-0.2, -0.15) is 0 Å². The van der Waals surface area contributed by atoms with E-state index in [4.69, 9.17) is 9.47 Å². The van der Waals surface area contributed by atoms with Crippen molar-refractivity contribution in [3.63, 3.8) is 0 Å². The molecule has 88 valence electrons. The minimum atomic E-state index is -0.608. The van der Waals surface area contributed by atoms with Gasteiger partial charge in [-0.25, -0.2) is 4.79 Å². The monoisotopic (exact) mass is 224 g/mol. The van der Waals surface area contributed by atoms with Crippen LogP contribution in [-0.2, 0) is 9.53 Å². The standard InChI is InChI=1S/C12H16O4/c1-4-15-10-5-7-11(8-6-10)16-9(2)12(13)14-3/h5-9H,4H2,1-3H3/t9-/m1/s1. The predicted molar refractivity (Wildman–Crippen MR) is 59.7 cm³/mol. The lowest BCUT2D eigenvalue weighted by Crippen LogP contribution is -2.24. The van der Waals surface area contributed by atoms with E-state index in [1.54, 1.807) is 31.2 Å². The molecule has 0 aromatic heterocycles. The molecule has 0 radical (unpaired) electrons. The number of ether oxygens (including phenoxy) is 3. The van der Waals surface area contributed by atoms with Crippen molar-refractivity contribution in [1.29, 1.82) is 0 Å². The summed E-state index contributed by atoms with van der Waals surface area (Å²) in [5, 5.41) is 0. The third-order valence-electron chi connectivity index (χ3n) is 1.98. The Labute approximate surface area is 95.1 Å². The predicted octanol–water partition coefficient (Wildman–Crippen LogP) is 2.03. The molecule has 1 atom stereocenters. The van der Waals surface area contributed by atoms with Gasteiger partial charge >= 0.3 is 5.97 Å². The number of carbonyl (C=O) groups excluding carboxylic acids is 1. The fourth-order valence-electron chi connectivity index (χ4n) is 1.20. The first-order valence-corrected chi connectivity index (χ1v) is 5.14. The van der Waals surface area contributed by atoms with E-state index in [0.29, 0.717) is 12.4 Å². The summed E-state index contributed by atoms with van der Waals surface area (Å²) in [7, 11) is 1.33. The van der Waals surface area contributed by atoms with E-state index in [1.165, 1.54) is 7.11 Å². The molecule has 0 saturated heterocycles. The van der Waals surface area contributed by atoms with Gasteiger partial charge in [-0.3, -0.25) is 0 Å². The largest absolute Gasteiger partial charge is 0.494 e. The Morgan fingerprint density at radius 2 is 1.81 bits per heavy atom. The first kappa shape index (κ1) is 12.4. The van der Waals surface area contributed by atoms with Crippen LogP contribution < -0.4 is 9.47 Å². The molecule has 4 heteroatoms. The zero-order valence-electron chi connectivity index (χ0n) is 9.73. The molecule has 0 bridgehead atoms. The van der Waals surface area contributed by atoms with Crippen LogP contribution in [-0.4, -0.2) is 25.8 Å². The number of methoxy groups -OCH3 is 1. The fraction of sp³-hybridized carbons (Fsp3) is 0.417. The minimum Gasteiger partial charge on any atom is -0.494 e. The van der Waals surface area contributed by atoms with Crippen LogP contribution in [0.5, 0.6) is 11.5 Å². The molecule has 0 saturated carbocycles. The van der Waals surface area contributed by atoms with Crippen LogP contribution in [0.15, 0.2) is 24.3 Å². The SMILES string of the molecule is CCOc1ccc(O[C@H](C)C(=O)OC)cc1. The minimum absolute atomic E-state index is 0.395. The van der Waals surface area contributed by atoms with E-state index in [1.807, 2.05) is 6.92 Å². The maximum absolute atomic E-state index is 11.1. The summed E-state index contributed by atoms with van der Waals surface area (Å²) in [6, 6.07) is 7.10. The maximum atomic E-state index is 11.1. The number of benzene rings is 1. The van der Waals surface area contributed by atoms with Crippen LogP contribution in [0.3, 0.4) is 0 Å². The molecule has 0 spiro atoms. The molecular weight excluding hydrogens is 208 g/mol. The van der Waals surface area contributed by atoms with Gasteiger partial charge in [0, 0.05) is 0 Å². The van der Waals surface area contributed by atoms with Crippen molar-refractivity contribution in [2.45, 2.75) is 20.0 Å². The molecule has 16 heavy (non-hydrogen) atoms. The summed E-state index contributed by atoms with van der Waals surface area (Å²) in [6.07, 6.45) is -0.608. The Morgan fingerprint density at radius 1 is 1.25 bits per heavy atom. The molecule has 0 unspecified atom stereocenters. The Kier molecular flexibility index (Phi) is 4.64. The van der Waals surface area contributed by atoms with Crippen molar-refractivity contribution in [3.05, 3.63) is 24.3 Å². The lowest BCUT2D eigenvalue weighted by molar-refractivity contribution is -0.147. The molecule has 1 aromatic rings. The zero-order chi connectivity index (χ0) is 12.0. The van der Waals surface area contributed by atoms with Gasteiger partial charge in [0.1, 0.15) is 11.5 Å². The van der Waals surface area contributed by atoms with Crippen molar-refractivity contribution in [2.75, 3.05) is 13.7 Å². The summed E-state index contributed by atoms with van der Waals surface area (Å²) in [5.74, 6) is 0.996. The van der Waals surface area contributed by atoms with Gasteiger partial charge in [0.05, 0.1) is 13.7 Å². The quantitative estimate of drug-likeness (QED) is 0.718. The van der Waals surface area contributed by atoms with E-state index >= 15 is 0 Å². The molecule has 1 rings (SSSR count). The molecule has 0 aliphatic heterocycles. The van der Waals surface area contributed by atoms with Crippen molar-refractivity contribution in [2.24, 2.45) is 0 Å². The van der Waals surface area contributed by atoms with E-state index in [9.17, 15) is 4.79 Å². The van der Waals surface area contributed by atoms with E-state index in [0.717, 1.165) is 5.75 Å². The molecule has 0 amide bonds. The van der Waals surface area contributed by atoms with E-state index in [2.05, 4.69) is 4.74 Å². The number of hydrogen-bond donors (Lipinski definition) is 0. The highest BCUT2D eigenvalue weighted by Crippen LogP contribution is 2.18. The second kappa shape index (κ2) is 6.00. The number of carbonyl (C=O) groups is 1. The Morgan fingerprint density at radius 3 is 2.31 bits per heavy atom. The highest BCUT2D eigenvalue weighted by molar-refractivity contribution is 5.74. The maximum Gasteiger partial charge on any atom is 0.346 e. The molecule has 0 aliphatic rings. The summed E-state index contributed by atoms with van der Waals surface area (Å²) in [6.45, 7) is 4.19. The molecule has 4 nitrogen and oxygen atoms in total. The topological polar surface area (TPSA) is 44.8 Å². The summed E-state index contributed by atoms with van der Waals surface area (Å²) in [5.41, 5.74) is 0. The molecule has 0 N–H and O–H groups in total. The van der Waals surface area contributed by atoms with Gasteiger partial charge in [-0.05, 0) is 38.1 Å². The Balaban J connectivity index is 2.58. The first-order valence-electron chi connectivity index (χ1n) is 5.14. The van der Waals surface area contributed by atoms with Crippen LogP contribution in [0.2, 0.25) is 0 Å². The normalized spacial score (nSPS) is 11.7. The molecule has 0 heterocycles. The van der Waals surface area contributed by atoms with Crippen LogP contribution in [0.1, 0.15) is 13.8 Å². The molecule has 1 aromatic carbocycles. The lowest BCUT2D eigenvalue weighted by Gasteiger charge is -2.12. The van der Waals surface area contributed by atoms with Gasteiger partial charge < -0.3 is 14.2 Å². The molecule has 0 fully saturated rings. The van der Waals surface area contributed by atoms with Gasteiger partial charge in [0.2, 0.25) is 0 Å². The van der Waals surface area contributed by atoms with Crippen molar-refractivity contribution in [3.8, 4) is 11.5 Å². The zero-order valence-corrected chi connectivity index (χ0v) is 9.73. The fourth-order valence-corrected chi connectivity index (χ4v) is 1.20. The Bertz CT molecular complexity index is 331. The van der Waals surface area contributed by atoms with Crippen LogP contribution in [0.4, 0.5) is 0 Å². The van der Waals surface area contributed by atoms with Gasteiger partial charge in [-0.15, -0.1) is 0 Å². The number of rotatable bonds is 5. The second-order valence-electron chi connectivity index (χ2n) is 3.19. The summed E-state index contributed by atoms with van der Waals surface area (Å²) in [4.78, 5) is 11.1. The van der Waals surface area contributed by atoms with Gasteiger partial charge in [0.15, 0.2) is 6.10 Å². The van der Waals surface area contributed by atoms with Crippen LogP contribution in [0, 0.1) is 0 Å². The Hall–Kier alpha value is -1.71. The highest BCUT2D eigenvalue weighted by Gasteiger charge is 2.14. The third-order valence-corrected chi connectivity index (χ3v) is 1.98. The number of esters is 1. The van der Waals surface area contributed by atoms with Crippen LogP contribution in [0.25, 0.3) is 0 Å². The average Bonchev–Trinajstić information content (AvgIpc) is 2.31. The van der Waals surface area contributed by atoms with Crippen LogP contribution >= 0.6 is 0 Å². The summed E-state index contributed by atoms with van der Waals surface area (Å²) >= 11 is 0. The smallest absolute Gasteiger partial charge is 0.346 e. The third kappa shape index (κ3) is 3.46. The summed E-state index contributed by atoms with van der Waals surface area (Å²) < 4.78 is 15.2. The molecular formula is C12H16O4. The van der Waals surface area contributed by atoms with Gasteiger partial charge in [-0.1, -0.05) is 0 Å². The van der Waals surface area contributed by atoms with Crippen molar-refractivity contribution < 1.29 is 19.0 Å². The van der Waals surface area contributed by atoms with Crippen molar-refractivity contribution in [1.82, 2.24) is 0 Å². The van der Waals surface area contributed by atoms with Gasteiger partial charge in [0.25, 0.3) is 0 Å². The van der Waals surface area contributed by atoms with Crippen molar-refractivity contribution >= 4 is 5.97 Å². The lowest BCUT2D eigenvalue weighted by atomic mass is 10.3.